The van der Waals surface area contributed by atoms with Crippen LogP contribution in [0.5, 0.6) is 11.8 Å². The van der Waals surface area contributed by atoms with Crippen molar-refractivity contribution in [1.82, 2.24) is 54.1 Å². The number of likely N-dealkylation sites (tertiary alicyclic amines) is 6. The molecule has 15 saturated carbocycles. The van der Waals surface area contributed by atoms with Crippen molar-refractivity contribution in [3.63, 3.8) is 0 Å². The number of carbonyl (C=O) groups is 6. The van der Waals surface area contributed by atoms with Gasteiger partial charge < -0.3 is 38.9 Å². The number of fused-ring (bicyclic) bond motifs is 1. The Balaban J connectivity index is 0.000000103. The van der Waals surface area contributed by atoms with E-state index in [1.807, 2.05) is 30.2 Å². The number of allylic oxidation sites excluding steroid dienone is 1. The van der Waals surface area contributed by atoms with Crippen LogP contribution in [0.3, 0.4) is 0 Å². The number of pyridine rings is 1. The summed E-state index contributed by atoms with van der Waals surface area (Å²) < 4.78 is 125. The topological polar surface area (TPSA) is 197 Å². The Morgan fingerprint density at radius 2 is 0.832 bits per heavy atom. The zero-order chi connectivity index (χ0) is 95.5. The first kappa shape index (κ1) is 92.5. The summed E-state index contributed by atoms with van der Waals surface area (Å²) in [5.74, 6) is 0.391. The molecule has 3 aromatic heterocycles. The number of ether oxygens (including phenoxy) is 2. The molecule has 30 rings (SSSR count). The zero-order valence-electron chi connectivity index (χ0n) is 77.9. The van der Waals surface area contributed by atoms with E-state index in [0.717, 1.165) is 157 Å². The van der Waals surface area contributed by atoms with E-state index in [4.69, 9.17) is 9.47 Å². The highest BCUT2D eigenvalue weighted by atomic mass is 79.9. The maximum absolute atomic E-state index is 14.3. The number of rotatable bonds is 20. The number of alkyl halides is 4. The second-order valence-electron chi connectivity index (χ2n) is 44.2. The van der Waals surface area contributed by atoms with Crippen molar-refractivity contribution in [2.45, 2.75) is 249 Å². The molecule has 10 bridgehead atoms. The number of carbonyl (C=O) groups excluding carboxylic acids is 6. The van der Waals surface area contributed by atoms with Gasteiger partial charge in [-0.05, 0) is 263 Å². The smallest absolute Gasteiger partial charge is 0.229 e. The van der Waals surface area contributed by atoms with Crippen LogP contribution in [0.15, 0.2) is 193 Å². The molecule has 21 aliphatic rings. The van der Waals surface area contributed by atoms with Crippen LogP contribution in [0.2, 0.25) is 0 Å². The molecule has 0 N–H and O–H groups in total. The van der Waals surface area contributed by atoms with Crippen molar-refractivity contribution < 1.29 is 73.4 Å². The summed E-state index contributed by atoms with van der Waals surface area (Å²) in [4.78, 5) is 101. The van der Waals surface area contributed by atoms with E-state index in [-0.39, 0.29) is 172 Å². The van der Waals surface area contributed by atoms with Gasteiger partial charge in [0.15, 0.2) is 0 Å². The number of benzene rings is 6. The van der Waals surface area contributed by atoms with E-state index in [1.165, 1.54) is 71.5 Å². The van der Waals surface area contributed by atoms with E-state index >= 15 is 0 Å². The standard InChI is InChI=1S/C25H25F2N3O.C23H24F2N2O2.C22H26N2O2.C21H20BrF2N3O2.C18H21F2NO/c1-16-5-6-21-18(7-16)10-28-30(21)15-24-12-25(13-24,14-24)23(31)29-11-20(27)9-22(29)17-3-2-4-19(26)8-17;1-15-5-6-26-20(7-15)29-14-22-11-23(12-22,13-22)21(28)27-10-18(25)9-19(27)16-3-2-4-17(24)8-16;1-15-5-3-6-17(11-15)18-7-4-10-23(18)20(26)21-12-22(13-21,14-21)24-16(2)8-9-19(24)25;22-17-6-18(26-12-25-17)29-11-20-8-21(9-20,10-20)19(28)27-7-15(24)5-16(27)13-2-1-3-14(23)4-13;1-2-17-9-18(10-17,11-17)16(22)21-8-14(20)7-15(21)12-4-3-5-13(19)6-12/h2-8,10,20,22H,9,11-15H2,1H3;2-8,18-19H,9-14H2,1H3;3,5-6,11,18H,2,4,7-10,12-14H2,1H3;1-4,6,12,15-16H,5,7-11H2;3-6,14-15H,2,7-11H2,1H3. The van der Waals surface area contributed by atoms with Crippen molar-refractivity contribution in [2.24, 2.45) is 48.7 Å². The summed E-state index contributed by atoms with van der Waals surface area (Å²) in [7, 11) is 0. The summed E-state index contributed by atoms with van der Waals surface area (Å²) in [5, 5.41) is 5.72. The Morgan fingerprint density at radius 1 is 0.438 bits per heavy atom. The second kappa shape index (κ2) is 34.6. The van der Waals surface area contributed by atoms with Crippen molar-refractivity contribution in [3.05, 3.63) is 261 Å². The molecular weight excluding hydrogens is 1820 g/mol. The summed E-state index contributed by atoms with van der Waals surface area (Å²) in [5.41, 5.74) is 8.48. The van der Waals surface area contributed by atoms with E-state index < -0.39 is 36.1 Å². The summed E-state index contributed by atoms with van der Waals surface area (Å²) in [6.45, 7) is 15.6. The van der Waals surface area contributed by atoms with Gasteiger partial charge in [-0.15, -0.1) is 0 Å². The number of hydrogen-bond donors (Lipinski definition) is 0. The summed E-state index contributed by atoms with van der Waals surface area (Å²) in [6.07, 6.45) is 18.9. The summed E-state index contributed by atoms with van der Waals surface area (Å²) >= 11 is 3.29. The molecule has 718 valence electrons. The van der Waals surface area contributed by atoms with Crippen LogP contribution in [-0.2, 0) is 35.3 Å². The number of hydrogen-bond acceptors (Lipinski definition) is 12. The third-order valence-corrected chi connectivity index (χ3v) is 34.4. The van der Waals surface area contributed by atoms with Gasteiger partial charge in [0.05, 0.1) is 114 Å². The van der Waals surface area contributed by atoms with Gasteiger partial charge in [-0.2, -0.15) is 5.10 Å². The Morgan fingerprint density at radius 3 is 1.24 bits per heavy atom. The molecule has 9 aromatic rings. The van der Waals surface area contributed by atoms with Crippen LogP contribution in [0, 0.1) is 92.8 Å². The highest BCUT2D eigenvalue weighted by Crippen LogP contribution is 2.79. The Labute approximate surface area is 801 Å². The normalized spacial score (nSPS) is 33.9. The number of nitrogens with zero attached hydrogens (tertiary/aromatic N) is 11. The van der Waals surface area contributed by atoms with Crippen LogP contribution >= 0.6 is 15.9 Å². The van der Waals surface area contributed by atoms with Gasteiger partial charge in [0.1, 0.15) is 58.9 Å². The molecule has 19 nitrogen and oxygen atoms in total. The molecule has 137 heavy (non-hydrogen) atoms. The first-order chi connectivity index (χ1) is 65.5. The average molecular weight is 1940 g/mol. The van der Waals surface area contributed by atoms with Crippen molar-refractivity contribution >= 4 is 62.3 Å². The zero-order valence-corrected chi connectivity index (χ0v) is 79.4. The molecule has 15 aliphatic carbocycles. The molecule has 9 unspecified atom stereocenters. The maximum atomic E-state index is 14.3. The van der Waals surface area contributed by atoms with Crippen LogP contribution in [0.1, 0.15) is 236 Å². The predicted molar refractivity (Wildman–Crippen MR) is 500 cm³/mol. The fourth-order valence-electron chi connectivity index (χ4n) is 28.2. The molecule has 0 radical (unpaired) electrons. The number of amides is 6. The van der Waals surface area contributed by atoms with Gasteiger partial charge >= 0.3 is 0 Å². The minimum absolute atomic E-state index is 0.00133. The molecule has 21 fully saturated rings. The molecule has 6 aliphatic heterocycles. The van der Waals surface area contributed by atoms with Crippen LogP contribution in [0.25, 0.3) is 10.9 Å². The van der Waals surface area contributed by atoms with E-state index in [9.17, 15) is 63.9 Å². The fourth-order valence-corrected chi connectivity index (χ4v) is 28.5. The van der Waals surface area contributed by atoms with Gasteiger partial charge in [-0.1, -0.05) is 110 Å². The maximum Gasteiger partial charge on any atom is 0.229 e. The largest absolute Gasteiger partial charge is 0.477 e. The van der Waals surface area contributed by atoms with Gasteiger partial charge in [0.2, 0.25) is 47.2 Å². The lowest BCUT2D eigenvalue weighted by molar-refractivity contribution is -0.226. The fraction of sp³-hybridized carbons (Fsp3) is 0.505. The SMILES string of the molecule is C=C1CCC(=O)N1C12CC(C(=O)N3CCCC3c3cccc(C)c3)(C1)C2.CCC12CC(C(=O)N3CC(F)CC3c3cccc(F)c3)(C1)C2.Cc1ccc2c(cnn2CC23CC(C(=O)N4CC(F)CC4c4cccc(F)c4)(C2)C3)c1.Cc1ccnc(OCC23CC(C(=O)N4CC(F)CC4c4cccc(F)c4)(C2)C3)c1.O=C(N1CC(F)CC1c1cccc(F)c1)C12CC(COc3cc(Br)ncn3)(C1)C2. The van der Waals surface area contributed by atoms with Crippen molar-refractivity contribution in [2.75, 3.05) is 45.9 Å². The Hall–Kier alpha value is -10.9. The molecule has 28 heteroatoms. The molecule has 6 aromatic carbocycles. The molecule has 0 spiro atoms. The number of aryl methyl sites for hydroxylation is 3. The monoisotopic (exact) mass is 1940 g/mol. The lowest BCUT2D eigenvalue weighted by Crippen LogP contribution is -2.78. The minimum atomic E-state index is -1.08. The molecular formula is C109H116BrF8N11O8. The summed E-state index contributed by atoms with van der Waals surface area (Å²) in [6, 6.07) is 44.0. The molecule has 6 saturated heterocycles. The first-order valence-corrected chi connectivity index (χ1v) is 49.6. The predicted octanol–water partition coefficient (Wildman–Crippen LogP) is 21.3. The Kier molecular flexibility index (Phi) is 23.3. The first-order valence-electron chi connectivity index (χ1n) is 48.8. The minimum Gasteiger partial charge on any atom is -0.477 e. The third kappa shape index (κ3) is 16.6. The number of halogens is 9. The van der Waals surface area contributed by atoms with Gasteiger partial charge in [-0.3, -0.25) is 33.4 Å². The van der Waals surface area contributed by atoms with Crippen LogP contribution in [0.4, 0.5) is 35.1 Å². The second-order valence-corrected chi connectivity index (χ2v) is 45.0. The molecule has 9 heterocycles. The molecule has 9 atom stereocenters. The van der Waals surface area contributed by atoms with Crippen LogP contribution < -0.4 is 9.47 Å². The quantitative estimate of drug-likeness (QED) is 0.0518. The van der Waals surface area contributed by atoms with Crippen LogP contribution in [-0.4, -0.2) is 166 Å². The lowest BCUT2D eigenvalue weighted by atomic mass is 9.34. The van der Waals surface area contributed by atoms with Crippen molar-refractivity contribution in [3.8, 4) is 11.8 Å². The number of aromatic nitrogens is 5. The lowest BCUT2D eigenvalue weighted by Gasteiger charge is -2.72. The van der Waals surface area contributed by atoms with Gasteiger partial charge in [-0.25, -0.2) is 50.1 Å². The highest BCUT2D eigenvalue weighted by Gasteiger charge is 2.78. The Bertz CT molecular complexity index is 6040. The van der Waals surface area contributed by atoms with Gasteiger partial charge in [0, 0.05) is 85.4 Å². The van der Waals surface area contributed by atoms with E-state index in [0.29, 0.717) is 69.6 Å². The van der Waals surface area contributed by atoms with Gasteiger partial charge in [0.25, 0.3) is 0 Å². The molecule has 6 amide bonds. The van der Waals surface area contributed by atoms with Crippen molar-refractivity contribution in [1.29, 1.82) is 0 Å². The van der Waals surface area contributed by atoms with E-state index in [2.05, 4.69) is 115 Å². The third-order valence-electron chi connectivity index (χ3n) is 34.0. The highest BCUT2D eigenvalue weighted by molar-refractivity contribution is 9.10. The van der Waals surface area contributed by atoms with E-state index in [1.54, 1.807) is 80.4 Å². The average Bonchev–Trinajstić information content (AvgIpc) is 1.66.